The minimum absolute atomic E-state index is 0.192. The molecule has 1 unspecified atom stereocenters. The summed E-state index contributed by atoms with van der Waals surface area (Å²) in [6.07, 6.45) is 0.865. The van der Waals surface area contributed by atoms with Gasteiger partial charge in [0.25, 0.3) is 0 Å². The summed E-state index contributed by atoms with van der Waals surface area (Å²) in [4.78, 5) is 1.22. The predicted octanol–water partition coefficient (Wildman–Crippen LogP) is 4.96. The number of hydrogen-bond donors (Lipinski definition) is 0. The molecule has 0 radical (unpaired) electrons. The molecule has 0 fully saturated rings. The molecule has 0 aliphatic carbocycles. The van der Waals surface area contributed by atoms with Crippen LogP contribution < -0.4 is 4.74 Å². The molecule has 2 aromatic carbocycles. The van der Waals surface area contributed by atoms with Crippen molar-refractivity contribution in [3.63, 3.8) is 0 Å². The normalized spacial score (nSPS) is 16.8. The van der Waals surface area contributed by atoms with Crippen LogP contribution in [-0.4, -0.2) is 11.9 Å². The highest BCUT2D eigenvalue weighted by molar-refractivity contribution is 9.08. The van der Waals surface area contributed by atoms with Gasteiger partial charge in [0, 0.05) is 15.5 Å². The van der Waals surface area contributed by atoms with Crippen LogP contribution in [0.25, 0.3) is 0 Å². The topological polar surface area (TPSA) is 9.23 Å². The summed E-state index contributed by atoms with van der Waals surface area (Å²) in [6.45, 7) is 0.293. The van der Waals surface area contributed by atoms with E-state index in [1.54, 1.807) is 11.8 Å². The van der Waals surface area contributed by atoms with Crippen molar-refractivity contribution < 1.29 is 13.5 Å². The Morgan fingerprint density at radius 3 is 2.57 bits per heavy atom. The molecule has 0 N–H and O–H groups in total. The van der Waals surface area contributed by atoms with Crippen LogP contribution >= 0.6 is 27.7 Å². The Bertz CT molecular complexity index is 614. The highest BCUT2D eigenvalue weighted by Crippen LogP contribution is 2.37. The molecule has 1 heterocycles. The molecule has 0 amide bonds. The Kier molecular flexibility index (Phi) is 4.50. The molecule has 5 heteroatoms. The smallest absolute Gasteiger partial charge is 0.190 e. The van der Waals surface area contributed by atoms with E-state index < -0.39 is 11.6 Å². The molecule has 1 atom stereocenters. The van der Waals surface area contributed by atoms with Gasteiger partial charge in [0.1, 0.15) is 6.61 Å². The molecule has 0 saturated carbocycles. The summed E-state index contributed by atoms with van der Waals surface area (Å²) in [7, 11) is 0. The zero-order valence-corrected chi connectivity index (χ0v) is 13.5. The van der Waals surface area contributed by atoms with E-state index in [2.05, 4.69) is 28.1 Å². The van der Waals surface area contributed by atoms with Crippen LogP contribution in [0.5, 0.6) is 5.75 Å². The van der Waals surface area contributed by atoms with E-state index in [4.69, 9.17) is 4.74 Å². The molecule has 1 aliphatic heterocycles. The van der Waals surface area contributed by atoms with Gasteiger partial charge in [0.2, 0.25) is 0 Å². The predicted molar refractivity (Wildman–Crippen MR) is 84.3 cm³/mol. The molecular formula is C16H13BrF2OS. The van der Waals surface area contributed by atoms with Gasteiger partial charge in [-0.15, -0.1) is 11.8 Å². The average molecular weight is 371 g/mol. The van der Waals surface area contributed by atoms with Crippen molar-refractivity contribution in [1.29, 1.82) is 0 Å². The van der Waals surface area contributed by atoms with E-state index in [0.29, 0.717) is 17.5 Å². The second-order valence-electron chi connectivity index (χ2n) is 4.88. The van der Waals surface area contributed by atoms with Crippen LogP contribution in [-0.2, 0) is 11.8 Å². The Balaban J connectivity index is 1.67. The number of fused-ring (bicyclic) bond motifs is 1. The molecule has 2 aromatic rings. The Morgan fingerprint density at radius 2 is 1.90 bits per heavy atom. The lowest BCUT2D eigenvalue weighted by Crippen LogP contribution is -2.15. The summed E-state index contributed by atoms with van der Waals surface area (Å²) in [6, 6.07) is 10.7. The minimum Gasteiger partial charge on any atom is -0.486 e. The summed E-state index contributed by atoms with van der Waals surface area (Å²) < 4.78 is 33.1. The number of hydrogen-bond acceptors (Lipinski definition) is 2. The standard InChI is InChI=1S/C16H13BrF2OS/c17-8-10-5-13(18)16(14(19)6-10)20-9-12-7-11-3-1-2-4-15(11)21-12/h1-6,12H,7-9H2. The van der Waals surface area contributed by atoms with Gasteiger partial charge in [-0.2, -0.15) is 0 Å². The first-order valence-corrected chi connectivity index (χ1v) is 8.58. The van der Waals surface area contributed by atoms with Crippen molar-refractivity contribution in [2.75, 3.05) is 6.61 Å². The fourth-order valence-corrected chi connectivity index (χ4v) is 3.89. The quantitative estimate of drug-likeness (QED) is 0.703. The molecule has 0 bridgehead atoms. The molecule has 21 heavy (non-hydrogen) atoms. The maximum absolute atomic E-state index is 13.8. The van der Waals surface area contributed by atoms with Crippen molar-refractivity contribution >= 4 is 27.7 Å². The number of alkyl halides is 1. The molecule has 0 aromatic heterocycles. The highest BCUT2D eigenvalue weighted by Gasteiger charge is 2.23. The van der Waals surface area contributed by atoms with Crippen LogP contribution in [0, 0.1) is 11.6 Å². The van der Waals surface area contributed by atoms with Crippen molar-refractivity contribution in [3.8, 4) is 5.75 Å². The van der Waals surface area contributed by atoms with E-state index in [0.717, 1.165) is 6.42 Å². The molecule has 110 valence electrons. The van der Waals surface area contributed by atoms with Gasteiger partial charge < -0.3 is 4.74 Å². The first kappa shape index (κ1) is 14.9. The fraction of sp³-hybridized carbons (Fsp3) is 0.250. The molecule has 1 aliphatic rings. The zero-order valence-electron chi connectivity index (χ0n) is 11.1. The first-order chi connectivity index (χ1) is 10.2. The number of rotatable bonds is 4. The maximum Gasteiger partial charge on any atom is 0.190 e. The Hall–Kier alpha value is -1.07. The highest BCUT2D eigenvalue weighted by atomic mass is 79.9. The monoisotopic (exact) mass is 370 g/mol. The average Bonchev–Trinajstić information content (AvgIpc) is 2.88. The van der Waals surface area contributed by atoms with E-state index in [1.807, 2.05) is 12.1 Å². The summed E-state index contributed by atoms with van der Waals surface area (Å²) in [5.74, 6) is -1.58. The Morgan fingerprint density at radius 1 is 1.19 bits per heavy atom. The molecule has 0 saturated heterocycles. The van der Waals surface area contributed by atoms with Crippen LogP contribution in [0.1, 0.15) is 11.1 Å². The van der Waals surface area contributed by atoms with Gasteiger partial charge in [-0.3, -0.25) is 0 Å². The second-order valence-corrected chi connectivity index (χ2v) is 6.79. The lowest BCUT2D eigenvalue weighted by atomic mass is 10.1. The summed E-state index contributed by atoms with van der Waals surface area (Å²) in [5, 5.41) is 0.603. The van der Waals surface area contributed by atoms with E-state index in [9.17, 15) is 8.78 Å². The summed E-state index contributed by atoms with van der Waals surface area (Å²) >= 11 is 4.88. The van der Waals surface area contributed by atoms with Crippen molar-refractivity contribution in [2.45, 2.75) is 21.9 Å². The number of halogens is 3. The SMILES string of the molecule is Fc1cc(CBr)cc(F)c1OCC1Cc2ccccc2S1. The molecule has 3 rings (SSSR count). The van der Waals surface area contributed by atoms with Gasteiger partial charge in [-0.05, 0) is 35.7 Å². The van der Waals surface area contributed by atoms with Gasteiger partial charge in [-0.25, -0.2) is 8.78 Å². The fourth-order valence-electron chi connectivity index (χ4n) is 2.35. The Labute approximate surface area is 134 Å². The van der Waals surface area contributed by atoms with Gasteiger partial charge in [-0.1, -0.05) is 34.1 Å². The van der Waals surface area contributed by atoms with Crippen molar-refractivity contribution in [3.05, 3.63) is 59.2 Å². The molecular weight excluding hydrogens is 358 g/mol. The lowest BCUT2D eigenvalue weighted by molar-refractivity contribution is 0.285. The number of thioether (sulfide) groups is 1. The second kappa shape index (κ2) is 6.36. The first-order valence-electron chi connectivity index (χ1n) is 6.58. The third kappa shape index (κ3) is 3.24. The van der Waals surface area contributed by atoms with E-state index >= 15 is 0 Å². The van der Waals surface area contributed by atoms with Gasteiger partial charge >= 0.3 is 0 Å². The lowest BCUT2D eigenvalue weighted by Gasteiger charge is -2.13. The van der Waals surface area contributed by atoms with Crippen LogP contribution in [0.2, 0.25) is 0 Å². The number of ether oxygens (including phenoxy) is 1. The maximum atomic E-state index is 13.8. The van der Waals surface area contributed by atoms with Crippen molar-refractivity contribution in [2.24, 2.45) is 0 Å². The van der Waals surface area contributed by atoms with Crippen molar-refractivity contribution in [1.82, 2.24) is 0 Å². The third-order valence-corrected chi connectivity index (χ3v) is 5.28. The molecule has 0 spiro atoms. The van der Waals surface area contributed by atoms with Crippen LogP contribution in [0.4, 0.5) is 8.78 Å². The van der Waals surface area contributed by atoms with Gasteiger partial charge in [0.05, 0.1) is 0 Å². The zero-order chi connectivity index (χ0) is 14.8. The van der Waals surface area contributed by atoms with E-state index in [-0.39, 0.29) is 11.0 Å². The van der Waals surface area contributed by atoms with Gasteiger partial charge in [0.15, 0.2) is 17.4 Å². The minimum atomic E-state index is -0.648. The summed E-state index contributed by atoms with van der Waals surface area (Å²) in [5.41, 5.74) is 1.83. The largest absolute Gasteiger partial charge is 0.486 e. The van der Waals surface area contributed by atoms with Crippen LogP contribution in [0.3, 0.4) is 0 Å². The van der Waals surface area contributed by atoms with Crippen LogP contribution in [0.15, 0.2) is 41.3 Å². The third-order valence-electron chi connectivity index (χ3n) is 3.34. The molecule has 1 nitrogen and oxygen atoms in total. The number of benzene rings is 2. The van der Waals surface area contributed by atoms with E-state index in [1.165, 1.54) is 22.6 Å².